The van der Waals surface area contributed by atoms with Crippen LogP contribution in [-0.4, -0.2) is 25.5 Å². The van der Waals surface area contributed by atoms with Crippen LogP contribution in [0.15, 0.2) is 42.5 Å². The first-order valence-corrected chi connectivity index (χ1v) is 7.98. The maximum absolute atomic E-state index is 12.3. The Morgan fingerprint density at radius 2 is 2.04 bits per heavy atom. The first-order valence-electron chi connectivity index (χ1n) is 7.98. The molecule has 3 rings (SSSR count). The average molecular weight is 324 g/mol. The van der Waals surface area contributed by atoms with Gasteiger partial charge in [-0.1, -0.05) is 31.2 Å². The smallest absolute Gasteiger partial charge is 0.264 e. The van der Waals surface area contributed by atoms with E-state index < -0.39 is 0 Å². The third-order valence-corrected chi connectivity index (χ3v) is 4.15. The van der Waals surface area contributed by atoms with Crippen molar-refractivity contribution in [3.8, 4) is 5.75 Å². The van der Waals surface area contributed by atoms with Crippen LogP contribution in [0.25, 0.3) is 0 Å². The predicted molar refractivity (Wildman–Crippen MR) is 93.5 cm³/mol. The van der Waals surface area contributed by atoms with Crippen molar-refractivity contribution in [2.75, 3.05) is 23.9 Å². The number of fused-ring (bicyclic) bond motifs is 1. The molecule has 1 heterocycles. The summed E-state index contributed by atoms with van der Waals surface area (Å²) in [6.07, 6.45) is 1.10. The number of nitrogens with zero attached hydrogens (tertiary/aromatic N) is 1. The number of anilines is 2. The number of likely N-dealkylation sites (N-methyl/N-ethyl adjacent to an activating group) is 1. The van der Waals surface area contributed by atoms with Crippen molar-refractivity contribution in [1.82, 2.24) is 0 Å². The topological polar surface area (TPSA) is 58.6 Å². The average Bonchev–Trinajstić information content (AvgIpc) is 2.59. The van der Waals surface area contributed by atoms with Gasteiger partial charge in [0, 0.05) is 12.7 Å². The minimum atomic E-state index is -0.0963. The van der Waals surface area contributed by atoms with Gasteiger partial charge in [-0.2, -0.15) is 0 Å². The van der Waals surface area contributed by atoms with E-state index in [1.165, 1.54) is 0 Å². The predicted octanol–water partition coefficient (Wildman–Crippen LogP) is 2.79. The van der Waals surface area contributed by atoms with E-state index in [0.717, 1.165) is 23.2 Å². The van der Waals surface area contributed by atoms with Gasteiger partial charge in [0.05, 0.1) is 12.1 Å². The van der Waals surface area contributed by atoms with E-state index in [1.807, 2.05) is 36.4 Å². The highest BCUT2D eigenvalue weighted by molar-refractivity contribution is 5.98. The zero-order valence-electron chi connectivity index (χ0n) is 13.8. The molecular formula is C19H20N2O3. The van der Waals surface area contributed by atoms with Gasteiger partial charge in [0.2, 0.25) is 5.91 Å². The number of rotatable bonds is 4. The Hall–Kier alpha value is -2.82. The van der Waals surface area contributed by atoms with Gasteiger partial charge < -0.3 is 15.0 Å². The summed E-state index contributed by atoms with van der Waals surface area (Å²) >= 11 is 0. The van der Waals surface area contributed by atoms with Crippen LogP contribution in [0.2, 0.25) is 0 Å². The standard InChI is InChI=1S/C19H20N2O3/c1-3-14-6-4-5-7-15(14)20-18(22)11-13-8-9-17-16(10-13)21(2)19(23)12-24-17/h4-10H,3,11-12H2,1-2H3,(H,20,22). The zero-order chi connectivity index (χ0) is 17.1. The highest BCUT2D eigenvalue weighted by Gasteiger charge is 2.22. The summed E-state index contributed by atoms with van der Waals surface area (Å²) < 4.78 is 5.40. The molecule has 24 heavy (non-hydrogen) atoms. The third-order valence-electron chi connectivity index (χ3n) is 4.15. The molecule has 2 amide bonds. The van der Waals surface area contributed by atoms with Gasteiger partial charge in [-0.15, -0.1) is 0 Å². The Morgan fingerprint density at radius 1 is 1.25 bits per heavy atom. The summed E-state index contributed by atoms with van der Waals surface area (Å²) in [5, 5.41) is 2.96. The monoisotopic (exact) mass is 324 g/mol. The minimum Gasteiger partial charge on any atom is -0.482 e. The number of benzene rings is 2. The first-order chi connectivity index (χ1) is 11.6. The van der Waals surface area contributed by atoms with Crippen LogP contribution in [0, 0.1) is 0 Å². The number of ether oxygens (including phenoxy) is 1. The Bertz CT molecular complexity index is 786. The molecule has 0 bridgehead atoms. The molecule has 5 nitrogen and oxygen atoms in total. The lowest BCUT2D eigenvalue weighted by Gasteiger charge is -2.26. The van der Waals surface area contributed by atoms with Gasteiger partial charge in [-0.25, -0.2) is 0 Å². The molecule has 0 saturated heterocycles. The molecule has 0 unspecified atom stereocenters. The summed E-state index contributed by atoms with van der Waals surface area (Å²) in [5.41, 5.74) is 3.49. The Kier molecular flexibility index (Phi) is 4.51. The zero-order valence-corrected chi connectivity index (χ0v) is 13.8. The van der Waals surface area contributed by atoms with Gasteiger partial charge in [0.25, 0.3) is 5.91 Å². The fraction of sp³-hybridized carbons (Fsp3) is 0.263. The van der Waals surface area contributed by atoms with E-state index in [0.29, 0.717) is 11.4 Å². The maximum Gasteiger partial charge on any atom is 0.264 e. The summed E-state index contributed by atoms with van der Waals surface area (Å²) in [7, 11) is 1.71. The third kappa shape index (κ3) is 3.25. The molecule has 2 aromatic rings. The van der Waals surface area contributed by atoms with Crippen LogP contribution in [0.5, 0.6) is 5.75 Å². The molecule has 0 saturated carbocycles. The molecule has 0 spiro atoms. The number of para-hydroxylation sites is 1. The lowest BCUT2D eigenvalue weighted by Crippen LogP contribution is -2.35. The fourth-order valence-corrected chi connectivity index (χ4v) is 2.76. The van der Waals surface area contributed by atoms with E-state index in [1.54, 1.807) is 18.0 Å². The second-order valence-electron chi connectivity index (χ2n) is 5.78. The minimum absolute atomic E-state index is 0.0527. The number of hydrogen-bond acceptors (Lipinski definition) is 3. The van der Waals surface area contributed by atoms with Crippen LogP contribution < -0.4 is 15.0 Å². The number of carbonyl (C=O) groups excluding carboxylic acids is 2. The SMILES string of the molecule is CCc1ccccc1NC(=O)Cc1ccc2c(c1)N(C)C(=O)CO2. The second-order valence-corrected chi connectivity index (χ2v) is 5.78. The number of carbonyl (C=O) groups is 2. The Morgan fingerprint density at radius 3 is 2.83 bits per heavy atom. The van der Waals surface area contributed by atoms with E-state index in [2.05, 4.69) is 12.2 Å². The highest BCUT2D eigenvalue weighted by Crippen LogP contribution is 2.32. The fourth-order valence-electron chi connectivity index (χ4n) is 2.76. The highest BCUT2D eigenvalue weighted by atomic mass is 16.5. The van der Waals surface area contributed by atoms with Crippen LogP contribution in [0.4, 0.5) is 11.4 Å². The number of nitrogens with one attached hydrogen (secondary N) is 1. The number of hydrogen-bond donors (Lipinski definition) is 1. The van der Waals surface area contributed by atoms with Gasteiger partial charge >= 0.3 is 0 Å². The van der Waals surface area contributed by atoms with Crippen molar-refractivity contribution < 1.29 is 14.3 Å². The molecular weight excluding hydrogens is 304 g/mol. The Labute approximate surface area is 141 Å². The molecule has 0 aliphatic carbocycles. The summed E-state index contributed by atoms with van der Waals surface area (Å²) in [4.78, 5) is 25.6. The van der Waals surface area contributed by atoms with Crippen molar-refractivity contribution in [2.24, 2.45) is 0 Å². The quantitative estimate of drug-likeness (QED) is 0.941. The van der Waals surface area contributed by atoms with Crippen LogP contribution in [-0.2, 0) is 22.4 Å². The van der Waals surface area contributed by atoms with Crippen molar-refractivity contribution in [3.63, 3.8) is 0 Å². The van der Waals surface area contributed by atoms with Gasteiger partial charge in [-0.05, 0) is 35.7 Å². The first kappa shape index (κ1) is 16.1. The molecule has 5 heteroatoms. The van der Waals surface area contributed by atoms with Crippen molar-refractivity contribution >= 4 is 23.2 Å². The lowest BCUT2D eigenvalue weighted by molar-refractivity contribution is -0.121. The van der Waals surface area contributed by atoms with Crippen molar-refractivity contribution in [1.29, 1.82) is 0 Å². The Balaban J connectivity index is 1.74. The van der Waals surface area contributed by atoms with Crippen LogP contribution in [0.1, 0.15) is 18.1 Å². The maximum atomic E-state index is 12.3. The molecule has 0 radical (unpaired) electrons. The lowest BCUT2D eigenvalue weighted by atomic mass is 10.1. The molecule has 124 valence electrons. The summed E-state index contributed by atoms with van der Waals surface area (Å²) in [5.74, 6) is 0.486. The van der Waals surface area contributed by atoms with Crippen LogP contribution in [0.3, 0.4) is 0 Å². The van der Waals surface area contributed by atoms with E-state index in [9.17, 15) is 9.59 Å². The number of amides is 2. The molecule has 1 N–H and O–H groups in total. The van der Waals surface area contributed by atoms with Gasteiger partial charge in [0.1, 0.15) is 5.75 Å². The molecule has 0 atom stereocenters. The second kappa shape index (κ2) is 6.74. The molecule has 1 aliphatic heterocycles. The summed E-state index contributed by atoms with van der Waals surface area (Å²) in [6.45, 7) is 2.11. The van der Waals surface area contributed by atoms with Gasteiger partial charge in [-0.3, -0.25) is 9.59 Å². The van der Waals surface area contributed by atoms with E-state index in [-0.39, 0.29) is 24.8 Å². The van der Waals surface area contributed by atoms with Crippen molar-refractivity contribution in [3.05, 3.63) is 53.6 Å². The molecule has 1 aliphatic rings. The molecule has 0 fully saturated rings. The molecule has 0 aromatic heterocycles. The van der Waals surface area contributed by atoms with Crippen molar-refractivity contribution in [2.45, 2.75) is 19.8 Å². The van der Waals surface area contributed by atoms with E-state index >= 15 is 0 Å². The van der Waals surface area contributed by atoms with Crippen LogP contribution >= 0.6 is 0 Å². The number of aryl methyl sites for hydroxylation is 1. The largest absolute Gasteiger partial charge is 0.482 e. The van der Waals surface area contributed by atoms with E-state index in [4.69, 9.17) is 4.74 Å². The molecule has 2 aromatic carbocycles. The summed E-state index contributed by atoms with van der Waals surface area (Å²) in [6, 6.07) is 13.3. The normalized spacial score (nSPS) is 13.2. The van der Waals surface area contributed by atoms with Gasteiger partial charge in [0.15, 0.2) is 6.61 Å².